The molecule has 2 aromatic rings. The smallest absolute Gasteiger partial charge is 0.232 e. The lowest BCUT2D eigenvalue weighted by molar-refractivity contribution is -0.137. The first-order valence-corrected chi connectivity index (χ1v) is 7.88. The van der Waals surface area contributed by atoms with E-state index in [2.05, 4.69) is 25.1 Å². The van der Waals surface area contributed by atoms with Crippen molar-refractivity contribution < 1.29 is 14.3 Å². The fourth-order valence-electron chi connectivity index (χ4n) is 3.18. The molecule has 120 valence electrons. The predicted molar refractivity (Wildman–Crippen MR) is 89.4 cm³/mol. The Morgan fingerprint density at radius 3 is 2.70 bits per heavy atom. The van der Waals surface area contributed by atoms with E-state index >= 15 is 0 Å². The summed E-state index contributed by atoms with van der Waals surface area (Å²) in [4.78, 5) is 24.1. The van der Waals surface area contributed by atoms with E-state index in [1.807, 2.05) is 25.1 Å². The lowest BCUT2D eigenvalue weighted by atomic mass is 9.93. The van der Waals surface area contributed by atoms with Crippen molar-refractivity contribution in [3.05, 3.63) is 42.0 Å². The van der Waals surface area contributed by atoms with Crippen LogP contribution in [0.4, 0.5) is 0 Å². The minimum absolute atomic E-state index is 0.103. The first-order chi connectivity index (χ1) is 11.0. The number of benzene rings is 2. The summed E-state index contributed by atoms with van der Waals surface area (Å²) in [6.07, 6.45) is 1.36. The third kappa shape index (κ3) is 2.69. The van der Waals surface area contributed by atoms with Gasteiger partial charge in [0.2, 0.25) is 12.3 Å². The van der Waals surface area contributed by atoms with Gasteiger partial charge in [-0.2, -0.15) is 0 Å². The molecule has 2 amide bonds. The number of amides is 2. The molecule has 1 fully saturated rings. The van der Waals surface area contributed by atoms with E-state index in [0.717, 1.165) is 33.4 Å². The van der Waals surface area contributed by atoms with E-state index in [4.69, 9.17) is 4.74 Å². The zero-order valence-electron chi connectivity index (χ0n) is 13.7. The third-order valence-corrected chi connectivity index (χ3v) is 4.82. The lowest BCUT2D eigenvalue weighted by Gasteiger charge is -2.15. The van der Waals surface area contributed by atoms with Crippen molar-refractivity contribution in [3.63, 3.8) is 0 Å². The molecule has 0 N–H and O–H groups in total. The number of fused-ring (bicyclic) bond motifs is 1. The Balaban J connectivity index is 1.88. The second-order valence-electron chi connectivity index (χ2n) is 6.39. The zero-order chi connectivity index (χ0) is 16.6. The molecule has 1 saturated carbocycles. The summed E-state index contributed by atoms with van der Waals surface area (Å²) in [6.45, 7) is 4.70. The van der Waals surface area contributed by atoms with Crippen molar-refractivity contribution >= 4 is 23.1 Å². The highest BCUT2D eigenvalue weighted by Gasteiger charge is 2.56. The maximum absolute atomic E-state index is 12.2. The van der Waals surface area contributed by atoms with Crippen molar-refractivity contribution in [2.75, 3.05) is 13.7 Å². The van der Waals surface area contributed by atoms with Crippen LogP contribution in [0, 0.1) is 5.92 Å². The van der Waals surface area contributed by atoms with Crippen molar-refractivity contribution in [2.24, 2.45) is 5.92 Å². The standard InChI is InChI=1S/C19H21NO3/c1-4-23-16-8-6-13-9-15(7-5-14(13)10-16)19(2)11-17(19)18(22)20(3)12-21/h5-10,12,17H,4,11H2,1-3H3. The number of hydrogen-bond acceptors (Lipinski definition) is 3. The van der Waals surface area contributed by atoms with Gasteiger partial charge in [0.25, 0.3) is 0 Å². The van der Waals surface area contributed by atoms with Gasteiger partial charge in [-0.15, -0.1) is 0 Å². The molecule has 0 aliphatic heterocycles. The van der Waals surface area contributed by atoms with Crippen LogP contribution in [0.15, 0.2) is 36.4 Å². The van der Waals surface area contributed by atoms with Gasteiger partial charge in [0, 0.05) is 18.4 Å². The van der Waals surface area contributed by atoms with Crippen LogP contribution in [-0.2, 0) is 15.0 Å². The first kappa shape index (κ1) is 15.5. The minimum atomic E-state index is -0.179. The zero-order valence-corrected chi connectivity index (χ0v) is 13.7. The van der Waals surface area contributed by atoms with Crippen LogP contribution in [0.2, 0.25) is 0 Å². The molecule has 0 radical (unpaired) electrons. The van der Waals surface area contributed by atoms with Crippen molar-refractivity contribution in [1.82, 2.24) is 4.90 Å². The van der Waals surface area contributed by atoms with E-state index in [1.165, 1.54) is 7.05 Å². The summed E-state index contributed by atoms with van der Waals surface area (Å²) in [5, 5.41) is 2.26. The molecule has 3 rings (SSSR count). The number of nitrogens with zero attached hydrogens (tertiary/aromatic N) is 1. The fourth-order valence-corrected chi connectivity index (χ4v) is 3.18. The maximum Gasteiger partial charge on any atom is 0.232 e. The van der Waals surface area contributed by atoms with Crippen LogP contribution in [0.25, 0.3) is 10.8 Å². The Morgan fingerprint density at radius 1 is 1.30 bits per heavy atom. The first-order valence-electron chi connectivity index (χ1n) is 7.88. The van der Waals surface area contributed by atoms with Crippen LogP contribution in [-0.4, -0.2) is 30.9 Å². The minimum Gasteiger partial charge on any atom is -0.494 e. The Labute approximate surface area is 136 Å². The van der Waals surface area contributed by atoms with Crippen molar-refractivity contribution in [3.8, 4) is 5.75 Å². The summed E-state index contributed by atoms with van der Waals surface area (Å²) in [5.74, 6) is 0.651. The molecular weight excluding hydrogens is 290 g/mol. The van der Waals surface area contributed by atoms with E-state index in [0.29, 0.717) is 13.0 Å². The number of imide groups is 1. The second kappa shape index (κ2) is 5.69. The van der Waals surface area contributed by atoms with Crippen LogP contribution in [0.3, 0.4) is 0 Å². The molecule has 4 nitrogen and oxygen atoms in total. The highest BCUT2D eigenvalue weighted by Crippen LogP contribution is 2.55. The summed E-state index contributed by atoms with van der Waals surface area (Å²) >= 11 is 0. The second-order valence-corrected chi connectivity index (χ2v) is 6.39. The molecule has 2 atom stereocenters. The van der Waals surface area contributed by atoms with Crippen LogP contribution < -0.4 is 4.74 Å². The predicted octanol–water partition coefficient (Wildman–Crippen LogP) is 3.13. The molecule has 0 spiro atoms. The van der Waals surface area contributed by atoms with Crippen molar-refractivity contribution in [2.45, 2.75) is 25.7 Å². The highest BCUT2D eigenvalue weighted by atomic mass is 16.5. The monoisotopic (exact) mass is 311 g/mol. The van der Waals surface area contributed by atoms with E-state index in [9.17, 15) is 9.59 Å². The fraction of sp³-hybridized carbons (Fsp3) is 0.368. The molecule has 1 aliphatic rings. The summed E-state index contributed by atoms with van der Waals surface area (Å²) in [6, 6.07) is 12.3. The topological polar surface area (TPSA) is 46.6 Å². The largest absolute Gasteiger partial charge is 0.494 e. The molecule has 23 heavy (non-hydrogen) atoms. The Morgan fingerprint density at radius 2 is 2.00 bits per heavy atom. The van der Waals surface area contributed by atoms with Gasteiger partial charge in [-0.3, -0.25) is 14.5 Å². The van der Waals surface area contributed by atoms with Gasteiger partial charge in [-0.05, 0) is 41.8 Å². The number of carbonyl (C=O) groups excluding carboxylic acids is 2. The normalized spacial score (nSPS) is 22.7. The molecule has 4 heteroatoms. The quantitative estimate of drug-likeness (QED) is 0.797. The molecule has 2 aromatic carbocycles. The van der Waals surface area contributed by atoms with Crippen LogP contribution >= 0.6 is 0 Å². The maximum atomic E-state index is 12.2. The van der Waals surface area contributed by atoms with Crippen LogP contribution in [0.5, 0.6) is 5.75 Å². The Bertz CT molecular complexity index is 770. The van der Waals surface area contributed by atoms with Gasteiger partial charge in [0.1, 0.15) is 5.75 Å². The molecule has 0 saturated heterocycles. The molecule has 0 heterocycles. The number of rotatable bonds is 5. The molecule has 0 aromatic heterocycles. The summed E-state index contributed by atoms with van der Waals surface area (Å²) in [7, 11) is 1.52. The number of hydrogen-bond donors (Lipinski definition) is 0. The van der Waals surface area contributed by atoms with Gasteiger partial charge >= 0.3 is 0 Å². The molecule has 0 bridgehead atoms. The van der Waals surface area contributed by atoms with Gasteiger partial charge in [-0.1, -0.05) is 31.2 Å². The summed E-state index contributed by atoms with van der Waals surface area (Å²) < 4.78 is 5.53. The molecular formula is C19H21NO3. The van der Waals surface area contributed by atoms with E-state index in [-0.39, 0.29) is 17.2 Å². The number of carbonyl (C=O) groups is 2. The van der Waals surface area contributed by atoms with Gasteiger partial charge in [-0.25, -0.2) is 0 Å². The molecule has 1 aliphatic carbocycles. The van der Waals surface area contributed by atoms with Gasteiger partial charge in [0.15, 0.2) is 0 Å². The van der Waals surface area contributed by atoms with Crippen LogP contribution in [0.1, 0.15) is 25.8 Å². The Kier molecular flexibility index (Phi) is 3.84. The van der Waals surface area contributed by atoms with Gasteiger partial charge < -0.3 is 4.74 Å². The average molecular weight is 311 g/mol. The van der Waals surface area contributed by atoms with Crippen molar-refractivity contribution in [1.29, 1.82) is 0 Å². The Hall–Kier alpha value is -2.36. The lowest BCUT2D eigenvalue weighted by Crippen LogP contribution is -2.29. The highest BCUT2D eigenvalue weighted by molar-refractivity contribution is 5.92. The number of ether oxygens (including phenoxy) is 1. The summed E-state index contributed by atoms with van der Waals surface area (Å²) in [5.41, 5.74) is 0.966. The third-order valence-electron chi connectivity index (χ3n) is 4.82. The SMILES string of the molecule is CCOc1ccc2cc(C3(C)CC3C(=O)N(C)C=O)ccc2c1. The van der Waals surface area contributed by atoms with E-state index in [1.54, 1.807) is 0 Å². The average Bonchev–Trinajstić information content (AvgIpc) is 3.26. The van der Waals surface area contributed by atoms with E-state index < -0.39 is 0 Å². The van der Waals surface area contributed by atoms with Gasteiger partial charge in [0.05, 0.1) is 6.61 Å². The molecule has 2 unspecified atom stereocenters.